The maximum Gasteiger partial charge on any atom is 0.163 e. The first kappa shape index (κ1) is 18.1. The van der Waals surface area contributed by atoms with Crippen LogP contribution in [0.15, 0.2) is 30.3 Å². The summed E-state index contributed by atoms with van der Waals surface area (Å²) in [4.78, 5) is 0. The third kappa shape index (κ3) is 5.10. The Morgan fingerprint density at radius 3 is 2.17 bits per heavy atom. The molecule has 124 valence electrons. The van der Waals surface area contributed by atoms with E-state index in [9.17, 15) is 0 Å². The number of rotatable bonds is 6. The molecule has 1 N–H and O–H groups in total. The number of hydrogen-bond donors (Lipinski definition) is 1. The van der Waals surface area contributed by atoms with E-state index in [-0.39, 0.29) is 6.10 Å². The van der Waals surface area contributed by atoms with Gasteiger partial charge in [-0.15, -0.1) is 0 Å². The Balaban J connectivity index is 2.19. The highest BCUT2D eigenvalue weighted by molar-refractivity contribution is 6.35. The molecule has 2 aromatic carbocycles. The van der Waals surface area contributed by atoms with E-state index < -0.39 is 0 Å². The summed E-state index contributed by atoms with van der Waals surface area (Å²) in [7, 11) is 1.60. The lowest BCUT2D eigenvalue weighted by molar-refractivity contribution is 0.230. The lowest BCUT2D eigenvalue weighted by Crippen LogP contribution is -2.08. The van der Waals surface area contributed by atoms with Gasteiger partial charge in [0.1, 0.15) is 0 Å². The zero-order valence-corrected chi connectivity index (χ0v) is 15.4. The molecule has 0 heterocycles. The van der Waals surface area contributed by atoms with Crippen molar-refractivity contribution in [2.45, 2.75) is 26.5 Å². The highest BCUT2D eigenvalue weighted by Crippen LogP contribution is 2.34. The predicted molar refractivity (Wildman–Crippen MR) is 97.6 cm³/mol. The van der Waals surface area contributed by atoms with Crippen molar-refractivity contribution in [2.24, 2.45) is 0 Å². The van der Waals surface area contributed by atoms with Crippen LogP contribution in [-0.2, 0) is 6.54 Å². The Labute approximate surface area is 151 Å². The monoisotopic (exact) mass is 373 g/mol. The third-order valence-corrected chi connectivity index (χ3v) is 3.83. The van der Waals surface area contributed by atoms with E-state index in [1.165, 1.54) is 0 Å². The number of nitrogens with one attached hydrogen (secondary N) is 1. The number of ether oxygens (including phenoxy) is 2. The van der Waals surface area contributed by atoms with Crippen LogP contribution in [0.1, 0.15) is 19.4 Å². The van der Waals surface area contributed by atoms with Crippen LogP contribution >= 0.6 is 34.8 Å². The molecule has 0 spiro atoms. The molecule has 0 amide bonds. The second-order valence-electron chi connectivity index (χ2n) is 5.27. The van der Waals surface area contributed by atoms with Gasteiger partial charge in [0, 0.05) is 33.4 Å². The van der Waals surface area contributed by atoms with Gasteiger partial charge in [-0.1, -0.05) is 34.8 Å². The number of anilines is 1. The SMILES string of the molecule is COc1cc(CNc2cc(Cl)cc(Cl)c2)c(Cl)cc1OC(C)C. The molecular weight excluding hydrogens is 357 g/mol. The van der Waals surface area contributed by atoms with Gasteiger partial charge in [0.05, 0.1) is 13.2 Å². The summed E-state index contributed by atoms with van der Waals surface area (Å²) in [5.41, 5.74) is 1.70. The van der Waals surface area contributed by atoms with Gasteiger partial charge in [-0.05, 0) is 43.7 Å². The second kappa shape index (κ2) is 8.00. The average Bonchev–Trinajstić information content (AvgIpc) is 2.44. The Morgan fingerprint density at radius 2 is 1.61 bits per heavy atom. The second-order valence-corrected chi connectivity index (χ2v) is 6.55. The van der Waals surface area contributed by atoms with E-state index in [1.807, 2.05) is 19.9 Å². The number of benzene rings is 2. The van der Waals surface area contributed by atoms with Gasteiger partial charge in [0.15, 0.2) is 11.5 Å². The Kier molecular flexibility index (Phi) is 6.28. The predicted octanol–water partition coefficient (Wildman–Crippen LogP) is 6.05. The summed E-state index contributed by atoms with van der Waals surface area (Å²) in [5.74, 6) is 1.27. The van der Waals surface area contributed by atoms with E-state index in [0.717, 1.165) is 11.3 Å². The van der Waals surface area contributed by atoms with Crippen LogP contribution in [-0.4, -0.2) is 13.2 Å². The van der Waals surface area contributed by atoms with Gasteiger partial charge in [0.25, 0.3) is 0 Å². The van der Waals surface area contributed by atoms with Crippen LogP contribution in [0.4, 0.5) is 5.69 Å². The molecule has 0 bridgehead atoms. The molecule has 2 aromatic rings. The average molecular weight is 375 g/mol. The fourth-order valence-electron chi connectivity index (χ4n) is 2.07. The number of hydrogen-bond acceptors (Lipinski definition) is 3. The van der Waals surface area contributed by atoms with Crippen molar-refractivity contribution in [2.75, 3.05) is 12.4 Å². The number of halogens is 3. The molecule has 23 heavy (non-hydrogen) atoms. The summed E-state index contributed by atoms with van der Waals surface area (Å²) in [6.45, 7) is 4.41. The molecule has 0 unspecified atom stereocenters. The molecule has 0 saturated heterocycles. The molecule has 2 rings (SSSR count). The highest BCUT2D eigenvalue weighted by atomic mass is 35.5. The molecule has 0 atom stereocenters. The first-order valence-electron chi connectivity index (χ1n) is 7.12. The van der Waals surface area contributed by atoms with E-state index in [1.54, 1.807) is 31.4 Å². The molecule has 0 radical (unpaired) electrons. The molecule has 0 aliphatic rings. The third-order valence-electron chi connectivity index (χ3n) is 3.04. The minimum Gasteiger partial charge on any atom is -0.493 e. The molecule has 0 aliphatic heterocycles. The van der Waals surface area contributed by atoms with E-state index in [2.05, 4.69) is 5.32 Å². The first-order chi connectivity index (χ1) is 10.9. The van der Waals surface area contributed by atoms with Crippen molar-refractivity contribution in [1.29, 1.82) is 0 Å². The maximum absolute atomic E-state index is 6.34. The van der Waals surface area contributed by atoms with Crippen LogP contribution in [0.3, 0.4) is 0 Å². The smallest absolute Gasteiger partial charge is 0.163 e. The van der Waals surface area contributed by atoms with Crippen molar-refractivity contribution in [3.05, 3.63) is 51.0 Å². The molecule has 0 aliphatic carbocycles. The molecular formula is C17H18Cl3NO2. The van der Waals surface area contributed by atoms with E-state index >= 15 is 0 Å². The first-order valence-corrected chi connectivity index (χ1v) is 8.25. The summed E-state index contributed by atoms with van der Waals surface area (Å²) >= 11 is 18.3. The van der Waals surface area contributed by atoms with Crippen molar-refractivity contribution < 1.29 is 9.47 Å². The molecule has 3 nitrogen and oxygen atoms in total. The lowest BCUT2D eigenvalue weighted by Gasteiger charge is -2.16. The van der Waals surface area contributed by atoms with Crippen LogP contribution in [0, 0.1) is 0 Å². The molecule has 0 saturated carbocycles. The van der Waals surface area contributed by atoms with Gasteiger partial charge < -0.3 is 14.8 Å². The Morgan fingerprint density at radius 1 is 0.957 bits per heavy atom. The summed E-state index contributed by atoms with van der Waals surface area (Å²) in [5, 5.41) is 4.99. The van der Waals surface area contributed by atoms with Gasteiger partial charge in [-0.3, -0.25) is 0 Å². The van der Waals surface area contributed by atoms with Crippen molar-refractivity contribution in [3.63, 3.8) is 0 Å². The minimum absolute atomic E-state index is 0.0394. The van der Waals surface area contributed by atoms with Crippen LogP contribution < -0.4 is 14.8 Å². The highest BCUT2D eigenvalue weighted by Gasteiger charge is 2.12. The topological polar surface area (TPSA) is 30.5 Å². The fourth-order valence-corrected chi connectivity index (χ4v) is 2.82. The van der Waals surface area contributed by atoms with Crippen molar-refractivity contribution >= 4 is 40.5 Å². The molecule has 0 aromatic heterocycles. The largest absolute Gasteiger partial charge is 0.493 e. The fraction of sp³-hybridized carbons (Fsp3) is 0.294. The molecule has 0 fully saturated rings. The zero-order chi connectivity index (χ0) is 17.0. The van der Waals surface area contributed by atoms with Gasteiger partial charge in [0.2, 0.25) is 0 Å². The standard InChI is InChI=1S/C17H18Cl3NO2/c1-10(2)23-17-8-15(20)11(4-16(17)22-3)9-21-14-6-12(18)5-13(19)7-14/h4-8,10,21H,9H2,1-3H3. The summed E-state index contributed by atoms with van der Waals surface area (Å²) < 4.78 is 11.1. The van der Waals surface area contributed by atoms with Crippen molar-refractivity contribution in [1.82, 2.24) is 0 Å². The quantitative estimate of drug-likeness (QED) is 0.667. The Bertz CT molecular complexity index is 670. The summed E-state index contributed by atoms with van der Waals surface area (Å²) in [6, 6.07) is 8.91. The van der Waals surface area contributed by atoms with Gasteiger partial charge >= 0.3 is 0 Å². The van der Waals surface area contributed by atoms with Crippen LogP contribution in [0.5, 0.6) is 11.5 Å². The minimum atomic E-state index is 0.0394. The van der Waals surface area contributed by atoms with E-state index in [4.69, 9.17) is 44.3 Å². The normalized spacial score (nSPS) is 10.7. The van der Waals surface area contributed by atoms with E-state index in [0.29, 0.717) is 33.1 Å². The maximum atomic E-state index is 6.34. The van der Waals surface area contributed by atoms with Gasteiger partial charge in [-0.2, -0.15) is 0 Å². The summed E-state index contributed by atoms with van der Waals surface area (Å²) in [6.07, 6.45) is 0.0394. The van der Waals surface area contributed by atoms with Crippen LogP contribution in [0.25, 0.3) is 0 Å². The zero-order valence-electron chi connectivity index (χ0n) is 13.1. The Hall–Kier alpha value is -1.29. The van der Waals surface area contributed by atoms with Crippen molar-refractivity contribution in [3.8, 4) is 11.5 Å². The van der Waals surface area contributed by atoms with Gasteiger partial charge in [-0.25, -0.2) is 0 Å². The lowest BCUT2D eigenvalue weighted by atomic mass is 10.2. The number of methoxy groups -OCH3 is 1. The molecule has 6 heteroatoms. The van der Waals surface area contributed by atoms with Crippen LogP contribution in [0.2, 0.25) is 15.1 Å².